The molecule has 1 aliphatic rings. The summed E-state index contributed by atoms with van der Waals surface area (Å²) < 4.78 is 23.9. The van der Waals surface area contributed by atoms with E-state index in [-0.39, 0.29) is 86.8 Å². The third-order valence-electron chi connectivity index (χ3n) is 12.3. The number of nitrogens with two attached hydrogens (primary N) is 2. The summed E-state index contributed by atoms with van der Waals surface area (Å²) in [5, 5.41) is 39.8. The molecule has 3 unspecified atom stereocenters. The monoisotopic (exact) mass is 1000 g/mol. The van der Waals surface area contributed by atoms with Gasteiger partial charge >= 0.3 is 18.1 Å². The first-order chi connectivity index (χ1) is 34.4. The predicted octanol–water partition coefficient (Wildman–Crippen LogP) is 3.59. The van der Waals surface area contributed by atoms with Gasteiger partial charge in [0, 0.05) is 87.9 Å². The van der Waals surface area contributed by atoms with Crippen molar-refractivity contribution in [2.24, 2.45) is 22.4 Å². The molecule has 4 aromatic rings. The smallest absolute Gasteiger partial charge is 0.410 e. The molecule has 2 aromatic heterocycles. The Bertz CT molecular complexity index is 2610. The van der Waals surface area contributed by atoms with Gasteiger partial charge in [0.25, 0.3) is 0 Å². The van der Waals surface area contributed by atoms with Crippen molar-refractivity contribution >= 4 is 64.3 Å². The van der Waals surface area contributed by atoms with Crippen LogP contribution in [-0.4, -0.2) is 129 Å². The maximum absolute atomic E-state index is 15.4. The van der Waals surface area contributed by atoms with Gasteiger partial charge in [-0.05, 0) is 74.8 Å². The Hall–Kier alpha value is -7.69. The van der Waals surface area contributed by atoms with Crippen LogP contribution < -0.4 is 43.1 Å². The van der Waals surface area contributed by atoms with Crippen molar-refractivity contribution in [3.8, 4) is 11.8 Å². The molecular weight excluding hydrogens is 938 g/mol. The molecule has 0 saturated carbocycles. The Morgan fingerprint density at radius 3 is 2.24 bits per heavy atom. The normalized spacial score (nSPS) is 14.0. The van der Waals surface area contributed by atoms with Gasteiger partial charge in [-0.2, -0.15) is 0 Å². The molecule has 72 heavy (non-hydrogen) atoms. The molecule has 2 aromatic carbocycles. The van der Waals surface area contributed by atoms with E-state index in [4.69, 9.17) is 16.2 Å². The predicted molar refractivity (Wildman–Crippen MR) is 268 cm³/mol. The van der Waals surface area contributed by atoms with E-state index in [0.717, 1.165) is 6.07 Å². The zero-order valence-corrected chi connectivity index (χ0v) is 40.8. The number of hydrogen-bond acceptors (Lipinski definition) is 13. The maximum atomic E-state index is 15.4. The molecule has 1 aliphatic heterocycles. The van der Waals surface area contributed by atoms with Gasteiger partial charge in [-0.25, -0.2) is 18.8 Å². The van der Waals surface area contributed by atoms with Crippen LogP contribution in [0, 0.1) is 11.7 Å². The number of piperazine rings is 1. The highest BCUT2D eigenvalue weighted by Crippen LogP contribution is 2.27. The van der Waals surface area contributed by atoms with Crippen LogP contribution in [0.1, 0.15) is 81.6 Å². The molecule has 1 fully saturated rings. The average Bonchev–Trinajstić information content (AvgIpc) is 3.67. The number of aromatic carboxylic acids is 1. The minimum Gasteiger partial charge on any atom is -0.494 e. The Morgan fingerprint density at radius 2 is 1.60 bits per heavy atom. The molecule has 0 bridgehead atoms. The summed E-state index contributed by atoms with van der Waals surface area (Å²) in [6.07, 6.45) is 5.42. The number of urea groups is 1. The van der Waals surface area contributed by atoms with Crippen molar-refractivity contribution < 1.29 is 53.2 Å². The fraction of sp³-hybridized carbons (Fsp3) is 0.469. The first-order valence-electron chi connectivity index (χ1n) is 24.0. The second-order valence-corrected chi connectivity index (χ2v) is 17.8. The summed E-state index contributed by atoms with van der Waals surface area (Å²) in [6, 6.07) is 9.07. The highest BCUT2D eigenvalue weighted by Gasteiger charge is 2.27. The number of amides is 6. The Kier molecular flexibility index (Phi) is 20.3. The van der Waals surface area contributed by atoms with Crippen molar-refractivity contribution in [3.05, 3.63) is 81.9 Å². The Morgan fingerprint density at radius 1 is 0.903 bits per heavy atom. The molecular formula is C49H66FN11O11. The first kappa shape index (κ1) is 55.2. The Labute approximate surface area is 415 Å². The Balaban J connectivity index is 1.10. The number of hydrogen-bond donors (Lipinski definition) is 9. The van der Waals surface area contributed by atoms with Gasteiger partial charge < -0.3 is 67.2 Å². The lowest BCUT2D eigenvalue weighted by Gasteiger charge is -2.35. The molecule has 6 amide bonds. The van der Waals surface area contributed by atoms with E-state index < -0.39 is 64.8 Å². The summed E-state index contributed by atoms with van der Waals surface area (Å²) in [7, 11) is 0. The van der Waals surface area contributed by atoms with Crippen LogP contribution >= 0.6 is 0 Å². The largest absolute Gasteiger partial charge is 0.494 e. The van der Waals surface area contributed by atoms with Crippen LogP contribution in [-0.2, 0) is 38.8 Å². The van der Waals surface area contributed by atoms with E-state index in [0.29, 0.717) is 68.5 Å². The van der Waals surface area contributed by atoms with Crippen molar-refractivity contribution in [1.82, 2.24) is 30.0 Å². The number of pyridine rings is 1. The molecule has 11 N–H and O–H groups in total. The third kappa shape index (κ3) is 15.7. The lowest BCUT2D eigenvalue weighted by atomic mass is 9.97. The van der Waals surface area contributed by atoms with Gasteiger partial charge in [0.2, 0.25) is 23.2 Å². The molecule has 5 rings (SSSR count). The second-order valence-electron chi connectivity index (χ2n) is 17.8. The van der Waals surface area contributed by atoms with Crippen LogP contribution in [0.15, 0.2) is 64.5 Å². The fourth-order valence-electron chi connectivity index (χ4n) is 8.19. The molecule has 3 heterocycles. The van der Waals surface area contributed by atoms with E-state index in [2.05, 4.69) is 26.3 Å². The summed E-state index contributed by atoms with van der Waals surface area (Å²) in [5.74, 6) is -3.51. The molecule has 3 atom stereocenters. The topological polar surface area (TPSA) is 318 Å². The molecule has 22 nitrogen and oxygen atoms in total. The number of carbonyl (C=O) groups is 6. The number of carbonyl (C=O) groups excluding carboxylic acids is 5. The van der Waals surface area contributed by atoms with E-state index in [1.165, 1.54) is 40.1 Å². The highest BCUT2D eigenvalue weighted by atomic mass is 19.1. The number of aromatic hydroxyl groups is 2. The van der Waals surface area contributed by atoms with Crippen molar-refractivity contribution in [2.45, 2.75) is 104 Å². The standard InChI is InChI=1S/C49H66FN11O11/c1-4-58-28-34(47(68)69)45(66)33-24-35(50)39(25-38(33)58)59-20-22-60(23-21-59)49(71)72-29-31-12-14-32(15-13-31)56-46(67)37(10-7-8-18-53-48(52)70)54-26-36(51)44(30(2)3)57-41(63)27-55-40(62)11-6-5-9-19-61-42(64)16-17-43(61)65/h12-17,24-26,28,30,36-37,44,64-65H,4-11,18-23,27,29,51H2,1-3H3,(H,55,62)(H,56,67)(H,57,63)(H,68,69)(H3,52,53,70). The molecule has 0 spiro atoms. The number of aryl methyl sites for hydroxylation is 1. The van der Waals surface area contributed by atoms with Crippen LogP contribution in [0.5, 0.6) is 11.8 Å². The minimum atomic E-state index is -1.39. The number of unbranched alkanes of at least 4 members (excludes halogenated alkanes) is 3. The zero-order valence-electron chi connectivity index (χ0n) is 40.8. The average molecular weight is 1000 g/mol. The van der Waals surface area contributed by atoms with E-state index in [9.17, 15) is 48.9 Å². The van der Waals surface area contributed by atoms with E-state index in [1.54, 1.807) is 40.7 Å². The number of rotatable bonds is 25. The van der Waals surface area contributed by atoms with Crippen molar-refractivity contribution in [1.29, 1.82) is 0 Å². The van der Waals surface area contributed by atoms with Crippen LogP contribution in [0.3, 0.4) is 0 Å². The fourth-order valence-corrected chi connectivity index (χ4v) is 8.19. The zero-order chi connectivity index (χ0) is 52.5. The number of halogens is 1. The lowest BCUT2D eigenvalue weighted by Crippen LogP contribution is -2.53. The molecule has 1 saturated heterocycles. The first-order valence-corrected chi connectivity index (χ1v) is 24.0. The number of aromatic nitrogens is 2. The second kappa shape index (κ2) is 26.5. The number of fused-ring (bicyclic) bond motifs is 1. The summed E-state index contributed by atoms with van der Waals surface area (Å²) in [5.41, 5.74) is 12.2. The quantitative estimate of drug-likeness (QED) is 0.0339. The van der Waals surface area contributed by atoms with Gasteiger partial charge in [-0.1, -0.05) is 32.4 Å². The molecule has 0 aliphatic carbocycles. The van der Waals surface area contributed by atoms with Gasteiger partial charge in [-0.15, -0.1) is 0 Å². The number of nitrogens with one attached hydrogen (secondary N) is 4. The summed E-state index contributed by atoms with van der Waals surface area (Å²) in [4.78, 5) is 95.4. The number of carboxylic acids is 1. The van der Waals surface area contributed by atoms with Gasteiger partial charge in [-0.3, -0.25) is 28.7 Å². The number of aliphatic imine (C=N–C) groups is 1. The molecule has 23 heteroatoms. The van der Waals surface area contributed by atoms with Crippen molar-refractivity contribution in [3.63, 3.8) is 0 Å². The number of ether oxygens (including phenoxy) is 1. The third-order valence-corrected chi connectivity index (χ3v) is 12.3. The van der Waals surface area contributed by atoms with E-state index in [1.807, 2.05) is 13.8 Å². The van der Waals surface area contributed by atoms with E-state index >= 15 is 4.39 Å². The van der Waals surface area contributed by atoms with Gasteiger partial charge in [0.15, 0.2) is 11.8 Å². The highest BCUT2D eigenvalue weighted by molar-refractivity contribution is 5.96. The number of benzene rings is 2. The van der Waals surface area contributed by atoms with Gasteiger partial charge in [0.05, 0.1) is 29.8 Å². The van der Waals surface area contributed by atoms with Crippen LogP contribution in [0.4, 0.5) is 25.4 Å². The number of anilines is 2. The lowest BCUT2D eigenvalue weighted by molar-refractivity contribution is -0.126. The summed E-state index contributed by atoms with van der Waals surface area (Å²) in [6.45, 7) is 7.21. The molecule has 0 radical (unpaired) electrons. The SMILES string of the molecule is CCn1cc(C(=O)O)c(=O)c2cc(F)c(N3CCN(C(=O)OCc4ccc(NC(=O)C(CCCCNC(N)=O)N=CC(N)C(NC(=O)CNC(=O)CCCCCn5c(O)ccc5O)C(C)C)cc4)CC3)cc21. The van der Waals surface area contributed by atoms with Crippen LogP contribution in [0.2, 0.25) is 0 Å². The van der Waals surface area contributed by atoms with Crippen molar-refractivity contribution in [2.75, 3.05) is 49.5 Å². The maximum Gasteiger partial charge on any atom is 0.410 e. The van der Waals surface area contributed by atoms with Crippen LogP contribution in [0.25, 0.3) is 10.9 Å². The number of primary amides is 1. The molecule has 390 valence electrons. The summed E-state index contributed by atoms with van der Waals surface area (Å²) >= 11 is 0. The minimum absolute atomic E-state index is 0.0339. The number of carboxylic acid groups (broad SMARTS) is 1. The van der Waals surface area contributed by atoms with Gasteiger partial charge in [0.1, 0.15) is 24.0 Å². The number of nitrogens with zero attached hydrogens (tertiary/aromatic N) is 5.